The van der Waals surface area contributed by atoms with E-state index in [0.717, 1.165) is 4.88 Å². The van der Waals surface area contributed by atoms with Crippen molar-refractivity contribution in [2.24, 2.45) is 0 Å². The number of carboxylic acids is 1. The third kappa shape index (κ3) is 2.06. The Morgan fingerprint density at radius 2 is 2.38 bits per heavy atom. The molecule has 0 aliphatic carbocycles. The molecule has 1 rings (SSSR count). The average Bonchev–Trinajstić information content (AvgIpc) is 2.56. The molecule has 0 atom stereocenters. The molecule has 0 amide bonds. The lowest BCUT2D eigenvalue weighted by molar-refractivity contribution is -0.130. The minimum Gasteiger partial charge on any atom is -0.478 e. The summed E-state index contributed by atoms with van der Waals surface area (Å²) >= 11 is 1.42. The Bertz CT molecular complexity index is 347. The predicted molar refractivity (Wildman–Crippen MR) is 54.7 cm³/mol. The molecule has 2 nitrogen and oxygen atoms in total. The van der Waals surface area contributed by atoms with Gasteiger partial charge in [-0.05, 0) is 23.9 Å². The van der Waals surface area contributed by atoms with Crippen LogP contribution in [0.25, 0.3) is 5.57 Å². The van der Waals surface area contributed by atoms with Crippen molar-refractivity contribution in [2.75, 3.05) is 0 Å². The van der Waals surface area contributed by atoms with Crippen LogP contribution in [0.5, 0.6) is 0 Å². The Balaban J connectivity index is 3.23. The largest absolute Gasteiger partial charge is 0.478 e. The number of carbonyl (C=O) groups is 1. The lowest BCUT2D eigenvalue weighted by Crippen LogP contribution is -1.99. The lowest BCUT2D eigenvalue weighted by atomic mass is 10.1. The molecule has 1 aromatic heterocycles. The van der Waals surface area contributed by atoms with Crippen LogP contribution in [0.1, 0.15) is 11.8 Å². The van der Waals surface area contributed by atoms with Crippen molar-refractivity contribution in [3.8, 4) is 0 Å². The van der Waals surface area contributed by atoms with Gasteiger partial charge in [-0.15, -0.1) is 11.3 Å². The number of hydrogen-bond acceptors (Lipinski definition) is 2. The zero-order valence-corrected chi connectivity index (χ0v) is 8.10. The zero-order chi connectivity index (χ0) is 9.84. The van der Waals surface area contributed by atoms with E-state index in [1.807, 2.05) is 11.4 Å². The highest BCUT2D eigenvalue weighted by Gasteiger charge is 2.12. The second kappa shape index (κ2) is 4.05. The molecule has 0 aliphatic rings. The van der Waals surface area contributed by atoms with Gasteiger partial charge in [0.1, 0.15) is 0 Å². The molecule has 0 saturated heterocycles. The molecule has 1 N–H and O–H groups in total. The molecular formula is C10H10O2S. The van der Waals surface area contributed by atoms with E-state index in [0.29, 0.717) is 11.1 Å². The maximum absolute atomic E-state index is 10.9. The fourth-order valence-electron chi connectivity index (χ4n) is 0.991. The van der Waals surface area contributed by atoms with Crippen molar-refractivity contribution in [1.29, 1.82) is 0 Å². The summed E-state index contributed by atoms with van der Waals surface area (Å²) in [6.07, 6.45) is 1.56. The molecule has 0 aliphatic heterocycles. The summed E-state index contributed by atoms with van der Waals surface area (Å²) in [4.78, 5) is 11.7. The average molecular weight is 194 g/mol. The van der Waals surface area contributed by atoms with Gasteiger partial charge in [0, 0.05) is 4.88 Å². The van der Waals surface area contributed by atoms with Gasteiger partial charge in [0.05, 0.1) is 5.57 Å². The van der Waals surface area contributed by atoms with E-state index in [2.05, 4.69) is 6.58 Å². The Morgan fingerprint density at radius 3 is 2.77 bits per heavy atom. The first-order chi connectivity index (χ1) is 6.16. The third-order valence-electron chi connectivity index (χ3n) is 1.68. The summed E-state index contributed by atoms with van der Waals surface area (Å²) in [5.74, 6) is -0.903. The molecule has 1 heterocycles. The van der Waals surface area contributed by atoms with Gasteiger partial charge in [-0.1, -0.05) is 18.7 Å². The van der Waals surface area contributed by atoms with Crippen molar-refractivity contribution >= 4 is 22.9 Å². The van der Waals surface area contributed by atoms with Crippen molar-refractivity contribution in [2.45, 2.75) is 6.92 Å². The zero-order valence-electron chi connectivity index (χ0n) is 7.28. The van der Waals surface area contributed by atoms with E-state index in [1.54, 1.807) is 19.1 Å². The van der Waals surface area contributed by atoms with Gasteiger partial charge in [0.2, 0.25) is 0 Å². The van der Waals surface area contributed by atoms with Gasteiger partial charge >= 0.3 is 5.97 Å². The molecule has 0 saturated carbocycles. The molecule has 0 radical (unpaired) electrons. The number of carboxylic acid groups (broad SMARTS) is 1. The van der Waals surface area contributed by atoms with Crippen LogP contribution in [0.3, 0.4) is 0 Å². The first-order valence-corrected chi connectivity index (χ1v) is 4.65. The summed E-state index contributed by atoms with van der Waals surface area (Å²) in [6.45, 7) is 5.30. The van der Waals surface area contributed by atoms with Crippen LogP contribution in [0, 0.1) is 0 Å². The minimum absolute atomic E-state index is 0.338. The van der Waals surface area contributed by atoms with E-state index in [9.17, 15) is 4.79 Å². The van der Waals surface area contributed by atoms with E-state index in [-0.39, 0.29) is 0 Å². The molecule has 0 spiro atoms. The number of aliphatic carboxylic acids is 1. The van der Waals surface area contributed by atoms with Gasteiger partial charge in [-0.2, -0.15) is 0 Å². The third-order valence-corrected chi connectivity index (χ3v) is 2.57. The highest BCUT2D eigenvalue weighted by molar-refractivity contribution is 7.11. The monoisotopic (exact) mass is 194 g/mol. The second-order valence-corrected chi connectivity index (χ2v) is 3.49. The van der Waals surface area contributed by atoms with E-state index >= 15 is 0 Å². The van der Waals surface area contributed by atoms with Gasteiger partial charge in [-0.3, -0.25) is 0 Å². The molecule has 0 unspecified atom stereocenters. The van der Waals surface area contributed by atoms with Gasteiger partial charge in [-0.25, -0.2) is 4.79 Å². The molecule has 68 valence electrons. The summed E-state index contributed by atoms with van der Waals surface area (Å²) < 4.78 is 0. The Kier molecular flexibility index (Phi) is 3.03. The van der Waals surface area contributed by atoms with E-state index < -0.39 is 5.97 Å². The molecule has 1 aromatic rings. The quantitative estimate of drug-likeness (QED) is 0.593. The van der Waals surface area contributed by atoms with E-state index in [1.165, 1.54) is 11.3 Å². The molecular weight excluding hydrogens is 184 g/mol. The smallest absolute Gasteiger partial charge is 0.337 e. The summed E-state index contributed by atoms with van der Waals surface area (Å²) in [5.41, 5.74) is 1.03. The van der Waals surface area contributed by atoms with Crippen LogP contribution in [-0.4, -0.2) is 11.1 Å². The number of thiophene rings is 1. The standard InChI is InChI=1S/C10H10O2S/c1-3-7(2)9(10(11)12)8-5-4-6-13-8/h3-6H,1H2,2H3,(H,11,12)/b9-7+. The highest BCUT2D eigenvalue weighted by Crippen LogP contribution is 2.23. The molecule has 0 bridgehead atoms. The van der Waals surface area contributed by atoms with Crippen molar-refractivity contribution in [3.63, 3.8) is 0 Å². The van der Waals surface area contributed by atoms with Crippen molar-refractivity contribution < 1.29 is 9.90 Å². The lowest BCUT2D eigenvalue weighted by Gasteiger charge is -2.01. The fourth-order valence-corrected chi connectivity index (χ4v) is 1.82. The van der Waals surface area contributed by atoms with Crippen LogP contribution in [0.2, 0.25) is 0 Å². The molecule has 0 fully saturated rings. The van der Waals surface area contributed by atoms with Crippen molar-refractivity contribution in [3.05, 3.63) is 40.6 Å². The summed E-state index contributed by atoms with van der Waals surface area (Å²) in [5, 5.41) is 10.8. The maximum atomic E-state index is 10.9. The van der Waals surface area contributed by atoms with Crippen LogP contribution in [0.4, 0.5) is 0 Å². The molecule has 0 aromatic carbocycles. The molecule has 13 heavy (non-hydrogen) atoms. The van der Waals surface area contributed by atoms with Gasteiger partial charge < -0.3 is 5.11 Å². The maximum Gasteiger partial charge on any atom is 0.337 e. The fraction of sp³-hybridized carbons (Fsp3) is 0.100. The van der Waals surface area contributed by atoms with Gasteiger partial charge in [0.15, 0.2) is 0 Å². The van der Waals surface area contributed by atoms with Crippen molar-refractivity contribution in [1.82, 2.24) is 0 Å². The number of allylic oxidation sites excluding steroid dienone is 2. The van der Waals surface area contributed by atoms with Crippen LogP contribution >= 0.6 is 11.3 Å². The second-order valence-electron chi connectivity index (χ2n) is 2.54. The Hall–Kier alpha value is -1.35. The first-order valence-electron chi connectivity index (χ1n) is 3.77. The normalized spacial score (nSPS) is 12.1. The SMILES string of the molecule is C=C/C(C)=C(/C(=O)O)c1cccs1. The number of hydrogen-bond donors (Lipinski definition) is 1. The summed E-state index contributed by atoms with van der Waals surface area (Å²) in [7, 11) is 0. The first kappa shape index (κ1) is 9.74. The summed E-state index contributed by atoms with van der Waals surface area (Å²) in [6, 6.07) is 3.63. The minimum atomic E-state index is -0.903. The predicted octanol–water partition coefficient (Wildman–Crippen LogP) is 2.79. The Labute approximate surface area is 80.8 Å². The molecule has 3 heteroatoms. The highest BCUT2D eigenvalue weighted by atomic mass is 32.1. The van der Waals surface area contributed by atoms with Crippen LogP contribution in [0.15, 0.2) is 35.7 Å². The van der Waals surface area contributed by atoms with Crippen LogP contribution < -0.4 is 0 Å². The van der Waals surface area contributed by atoms with Crippen LogP contribution in [-0.2, 0) is 4.79 Å². The van der Waals surface area contributed by atoms with Gasteiger partial charge in [0.25, 0.3) is 0 Å². The number of rotatable bonds is 3. The topological polar surface area (TPSA) is 37.3 Å². The van der Waals surface area contributed by atoms with E-state index in [4.69, 9.17) is 5.11 Å². The Morgan fingerprint density at radius 1 is 1.69 bits per heavy atom.